The smallest absolute Gasteiger partial charge is 0.408 e. The van der Waals surface area contributed by atoms with Gasteiger partial charge in [-0.25, -0.2) is 4.79 Å². The second kappa shape index (κ2) is 13.2. The standard InChI is InChI=1S/C32H39N3O5/c1-21(2)35(30(38)26(20-23-15-8-7-9-16-23)34-31(39)40-32(4,5)6)28(24-17-11-13-19-27(24)36)29(37)33-25-18-12-10-14-22(25)3/h7-19,21,26,28,36H,20H2,1-6H3,(H,33,37)(H,34,39). The van der Waals surface area contributed by atoms with Crippen LogP contribution in [0.3, 0.4) is 0 Å². The van der Waals surface area contributed by atoms with Crippen molar-refractivity contribution in [2.24, 2.45) is 0 Å². The van der Waals surface area contributed by atoms with Gasteiger partial charge in [0.25, 0.3) is 5.91 Å². The number of aromatic hydroxyl groups is 1. The maximum absolute atomic E-state index is 14.3. The maximum Gasteiger partial charge on any atom is 0.408 e. The van der Waals surface area contributed by atoms with Crippen molar-refractivity contribution < 1.29 is 24.2 Å². The Labute approximate surface area is 236 Å². The molecule has 3 amide bonds. The summed E-state index contributed by atoms with van der Waals surface area (Å²) in [6, 6.07) is 20.4. The lowest BCUT2D eigenvalue weighted by Gasteiger charge is -2.37. The van der Waals surface area contributed by atoms with Crippen LogP contribution in [0, 0.1) is 6.92 Å². The first-order valence-corrected chi connectivity index (χ1v) is 13.4. The molecule has 0 aliphatic carbocycles. The number of anilines is 1. The number of phenols is 1. The van der Waals surface area contributed by atoms with Gasteiger partial charge in [0.1, 0.15) is 23.4 Å². The fourth-order valence-corrected chi connectivity index (χ4v) is 4.41. The molecule has 212 valence electrons. The number of rotatable bonds is 9. The number of alkyl carbamates (subject to hydrolysis) is 1. The molecule has 0 aliphatic heterocycles. The number of nitrogens with one attached hydrogen (secondary N) is 2. The van der Waals surface area contributed by atoms with E-state index >= 15 is 0 Å². The third-order valence-electron chi connectivity index (χ3n) is 6.24. The summed E-state index contributed by atoms with van der Waals surface area (Å²) in [6.07, 6.45) is -0.566. The molecule has 3 rings (SSSR count). The number of carbonyl (C=O) groups excluding carboxylic acids is 3. The average Bonchev–Trinajstić information content (AvgIpc) is 2.87. The molecule has 2 atom stereocenters. The highest BCUT2D eigenvalue weighted by atomic mass is 16.6. The molecule has 0 saturated carbocycles. The van der Waals surface area contributed by atoms with E-state index in [4.69, 9.17) is 4.74 Å². The summed E-state index contributed by atoms with van der Waals surface area (Å²) in [7, 11) is 0. The molecule has 0 heterocycles. The van der Waals surface area contributed by atoms with Crippen LogP contribution < -0.4 is 10.6 Å². The van der Waals surface area contributed by atoms with E-state index in [-0.39, 0.29) is 17.7 Å². The number of ether oxygens (including phenoxy) is 1. The first-order valence-electron chi connectivity index (χ1n) is 13.4. The number of hydrogen-bond acceptors (Lipinski definition) is 5. The van der Waals surface area contributed by atoms with Crippen molar-refractivity contribution in [2.45, 2.75) is 71.7 Å². The van der Waals surface area contributed by atoms with Gasteiger partial charge in [0, 0.05) is 23.7 Å². The van der Waals surface area contributed by atoms with Crippen LogP contribution in [0.25, 0.3) is 0 Å². The minimum Gasteiger partial charge on any atom is -0.508 e. The van der Waals surface area contributed by atoms with Gasteiger partial charge in [0.2, 0.25) is 5.91 Å². The van der Waals surface area contributed by atoms with Gasteiger partial charge >= 0.3 is 6.09 Å². The van der Waals surface area contributed by atoms with Crippen LogP contribution in [0.2, 0.25) is 0 Å². The lowest BCUT2D eigenvalue weighted by molar-refractivity contribution is -0.143. The predicted octanol–water partition coefficient (Wildman–Crippen LogP) is 5.75. The molecular formula is C32H39N3O5. The van der Waals surface area contributed by atoms with Crippen molar-refractivity contribution in [1.82, 2.24) is 10.2 Å². The highest BCUT2D eigenvalue weighted by molar-refractivity contribution is 6.00. The summed E-state index contributed by atoms with van der Waals surface area (Å²) in [6.45, 7) is 10.7. The zero-order valence-electron chi connectivity index (χ0n) is 24.0. The van der Waals surface area contributed by atoms with Crippen molar-refractivity contribution in [3.8, 4) is 5.75 Å². The van der Waals surface area contributed by atoms with Crippen LogP contribution in [0.5, 0.6) is 5.75 Å². The Morgan fingerprint density at radius 2 is 1.50 bits per heavy atom. The quantitative estimate of drug-likeness (QED) is 0.317. The SMILES string of the molecule is Cc1ccccc1NC(=O)C(c1ccccc1O)N(C(=O)C(Cc1ccccc1)NC(=O)OC(C)(C)C)C(C)C. The van der Waals surface area contributed by atoms with E-state index in [9.17, 15) is 19.5 Å². The van der Waals surface area contributed by atoms with Crippen molar-refractivity contribution in [3.05, 3.63) is 95.6 Å². The number of hydrogen-bond donors (Lipinski definition) is 3. The number of nitrogens with zero attached hydrogens (tertiary/aromatic N) is 1. The lowest BCUT2D eigenvalue weighted by atomic mass is 9.98. The molecule has 3 aromatic rings. The van der Waals surface area contributed by atoms with E-state index in [1.165, 1.54) is 11.0 Å². The van der Waals surface area contributed by atoms with E-state index in [2.05, 4.69) is 10.6 Å². The van der Waals surface area contributed by atoms with E-state index in [1.807, 2.05) is 55.5 Å². The van der Waals surface area contributed by atoms with Crippen LogP contribution in [0.1, 0.15) is 57.4 Å². The summed E-state index contributed by atoms with van der Waals surface area (Å²) in [5.41, 5.74) is 1.77. The summed E-state index contributed by atoms with van der Waals surface area (Å²) in [5.74, 6) is -1.10. The molecule has 3 aromatic carbocycles. The van der Waals surface area contributed by atoms with Gasteiger partial charge in [-0.3, -0.25) is 9.59 Å². The maximum atomic E-state index is 14.3. The van der Waals surface area contributed by atoms with E-state index < -0.39 is 41.6 Å². The highest BCUT2D eigenvalue weighted by Crippen LogP contribution is 2.32. The summed E-state index contributed by atoms with van der Waals surface area (Å²) in [5, 5.41) is 16.5. The molecule has 0 radical (unpaired) electrons. The Morgan fingerprint density at radius 3 is 2.10 bits per heavy atom. The molecule has 8 heteroatoms. The van der Waals surface area contributed by atoms with Gasteiger partial charge < -0.3 is 25.4 Å². The molecule has 40 heavy (non-hydrogen) atoms. The second-order valence-electron chi connectivity index (χ2n) is 11.0. The fourth-order valence-electron chi connectivity index (χ4n) is 4.41. The number of benzene rings is 3. The predicted molar refractivity (Wildman–Crippen MR) is 156 cm³/mol. The Kier molecular flexibility index (Phi) is 9.93. The first-order chi connectivity index (χ1) is 18.9. The average molecular weight is 546 g/mol. The molecule has 0 aromatic heterocycles. The molecule has 0 bridgehead atoms. The zero-order valence-corrected chi connectivity index (χ0v) is 24.0. The van der Waals surface area contributed by atoms with Gasteiger partial charge in [0.15, 0.2) is 0 Å². The van der Waals surface area contributed by atoms with Gasteiger partial charge in [-0.2, -0.15) is 0 Å². The van der Waals surface area contributed by atoms with Crippen molar-refractivity contribution in [3.63, 3.8) is 0 Å². The summed E-state index contributed by atoms with van der Waals surface area (Å²) >= 11 is 0. The van der Waals surface area contributed by atoms with Crippen molar-refractivity contribution in [1.29, 1.82) is 0 Å². The van der Waals surface area contributed by atoms with Gasteiger partial charge in [-0.15, -0.1) is 0 Å². The summed E-state index contributed by atoms with van der Waals surface area (Å²) in [4.78, 5) is 42.5. The van der Waals surface area contributed by atoms with Gasteiger partial charge in [0.05, 0.1) is 0 Å². The highest BCUT2D eigenvalue weighted by Gasteiger charge is 2.39. The summed E-state index contributed by atoms with van der Waals surface area (Å²) < 4.78 is 5.46. The molecular weight excluding hydrogens is 506 g/mol. The first kappa shape index (κ1) is 30.2. The molecule has 0 saturated heterocycles. The monoisotopic (exact) mass is 545 g/mol. The Bertz CT molecular complexity index is 1320. The topological polar surface area (TPSA) is 108 Å². The lowest BCUT2D eigenvalue weighted by Crippen LogP contribution is -2.55. The van der Waals surface area contributed by atoms with Crippen molar-refractivity contribution >= 4 is 23.6 Å². The Hall–Kier alpha value is -4.33. The second-order valence-corrected chi connectivity index (χ2v) is 11.0. The van der Waals surface area contributed by atoms with Gasteiger partial charge in [-0.05, 0) is 64.8 Å². The normalized spacial score (nSPS) is 12.8. The molecule has 2 unspecified atom stereocenters. The molecule has 0 fully saturated rings. The molecule has 0 spiro atoms. The Balaban J connectivity index is 2.06. The Morgan fingerprint density at radius 1 is 0.900 bits per heavy atom. The van der Waals surface area contributed by atoms with E-state index in [1.54, 1.807) is 58.9 Å². The van der Waals surface area contributed by atoms with Crippen molar-refractivity contribution in [2.75, 3.05) is 5.32 Å². The van der Waals surface area contributed by atoms with Crippen LogP contribution in [0.4, 0.5) is 10.5 Å². The molecule has 0 aliphatic rings. The molecule has 3 N–H and O–H groups in total. The van der Waals surface area contributed by atoms with Crippen LogP contribution >= 0.6 is 0 Å². The number of para-hydroxylation sites is 2. The van der Waals surface area contributed by atoms with E-state index in [0.717, 1.165) is 11.1 Å². The number of aryl methyl sites for hydroxylation is 1. The van der Waals surface area contributed by atoms with Crippen LogP contribution in [-0.2, 0) is 20.7 Å². The number of phenolic OH excluding ortho intramolecular Hbond substituents is 1. The minimum absolute atomic E-state index is 0.120. The number of carbonyl (C=O) groups is 3. The largest absolute Gasteiger partial charge is 0.508 e. The number of amides is 3. The fraction of sp³-hybridized carbons (Fsp3) is 0.344. The van der Waals surface area contributed by atoms with Crippen LogP contribution in [-0.4, -0.2) is 45.6 Å². The van der Waals surface area contributed by atoms with Gasteiger partial charge in [-0.1, -0.05) is 66.7 Å². The third-order valence-corrected chi connectivity index (χ3v) is 6.24. The molecule has 8 nitrogen and oxygen atoms in total. The third kappa shape index (κ3) is 8.09. The van der Waals surface area contributed by atoms with Crippen LogP contribution in [0.15, 0.2) is 78.9 Å². The minimum atomic E-state index is -1.19. The van der Waals surface area contributed by atoms with E-state index in [0.29, 0.717) is 5.69 Å². The zero-order chi connectivity index (χ0) is 29.4.